The minimum Gasteiger partial charge on any atom is -0.508 e. The van der Waals surface area contributed by atoms with Gasteiger partial charge in [0.25, 0.3) is 0 Å². The van der Waals surface area contributed by atoms with E-state index in [4.69, 9.17) is 0 Å². The van der Waals surface area contributed by atoms with Gasteiger partial charge >= 0.3 is 0 Å². The van der Waals surface area contributed by atoms with Crippen LogP contribution in [0.3, 0.4) is 0 Å². The lowest BCUT2D eigenvalue weighted by Gasteiger charge is -2.06. The monoisotopic (exact) mass is 216 g/mol. The van der Waals surface area contributed by atoms with E-state index in [2.05, 4.69) is 12.6 Å². The first-order valence-corrected chi connectivity index (χ1v) is 5.21. The third-order valence-electron chi connectivity index (χ3n) is 2.41. The second-order valence-electron chi connectivity index (χ2n) is 3.52. The zero-order valence-corrected chi connectivity index (χ0v) is 9.33. The fraction of sp³-hybridized carbons (Fsp3) is 0.0769. The molecule has 15 heavy (non-hydrogen) atoms. The third kappa shape index (κ3) is 2.00. The van der Waals surface area contributed by atoms with Crippen molar-refractivity contribution in [1.82, 2.24) is 0 Å². The summed E-state index contributed by atoms with van der Waals surface area (Å²) in [5.74, 6) is 0.329. The second-order valence-corrected chi connectivity index (χ2v) is 4.00. The van der Waals surface area contributed by atoms with Gasteiger partial charge in [-0.15, -0.1) is 12.6 Å². The van der Waals surface area contributed by atoms with Crippen molar-refractivity contribution < 1.29 is 5.11 Å². The first-order valence-electron chi connectivity index (χ1n) is 4.76. The molecule has 0 aliphatic rings. The van der Waals surface area contributed by atoms with Crippen LogP contribution in [0.25, 0.3) is 11.1 Å². The average Bonchev–Trinajstić information content (AvgIpc) is 2.23. The quantitative estimate of drug-likeness (QED) is 0.697. The highest BCUT2D eigenvalue weighted by atomic mass is 32.1. The first-order chi connectivity index (χ1) is 7.18. The van der Waals surface area contributed by atoms with Crippen LogP contribution in [0.15, 0.2) is 47.4 Å². The van der Waals surface area contributed by atoms with E-state index >= 15 is 0 Å². The van der Waals surface area contributed by atoms with Gasteiger partial charge in [0.1, 0.15) is 5.75 Å². The van der Waals surface area contributed by atoms with E-state index in [0.29, 0.717) is 5.75 Å². The topological polar surface area (TPSA) is 20.2 Å². The number of thiol groups is 1. The molecule has 0 aliphatic carbocycles. The zero-order chi connectivity index (χ0) is 10.8. The maximum Gasteiger partial charge on any atom is 0.118 e. The summed E-state index contributed by atoms with van der Waals surface area (Å²) < 4.78 is 0. The molecule has 0 saturated heterocycles. The lowest BCUT2D eigenvalue weighted by Crippen LogP contribution is -1.82. The minimum absolute atomic E-state index is 0.329. The summed E-state index contributed by atoms with van der Waals surface area (Å²) in [4.78, 5) is 0.947. The van der Waals surface area contributed by atoms with Crippen molar-refractivity contribution in [3.63, 3.8) is 0 Å². The van der Waals surface area contributed by atoms with Crippen LogP contribution < -0.4 is 0 Å². The highest BCUT2D eigenvalue weighted by molar-refractivity contribution is 7.80. The van der Waals surface area contributed by atoms with Gasteiger partial charge < -0.3 is 5.11 Å². The fourth-order valence-corrected chi connectivity index (χ4v) is 1.83. The van der Waals surface area contributed by atoms with Crippen molar-refractivity contribution >= 4 is 12.6 Å². The maximum atomic E-state index is 9.44. The summed E-state index contributed by atoms with van der Waals surface area (Å²) in [6.45, 7) is 1.89. The van der Waals surface area contributed by atoms with Crippen molar-refractivity contribution in [2.45, 2.75) is 11.8 Å². The lowest BCUT2D eigenvalue weighted by molar-refractivity contribution is 0.471. The summed E-state index contributed by atoms with van der Waals surface area (Å²) in [5.41, 5.74) is 3.05. The van der Waals surface area contributed by atoms with Gasteiger partial charge in [-0.1, -0.05) is 24.3 Å². The molecule has 0 atom stereocenters. The molecule has 0 fully saturated rings. The number of benzene rings is 2. The molecule has 0 aromatic heterocycles. The molecule has 0 bridgehead atoms. The number of rotatable bonds is 1. The Balaban J connectivity index is 2.55. The SMILES string of the molecule is Cc1cc(-c2ccccc2S)ccc1O. The highest BCUT2D eigenvalue weighted by Crippen LogP contribution is 2.29. The van der Waals surface area contributed by atoms with E-state index in [9.17, 15) is 5.11 Å². The standard InChI is InChI=1S/C13H12OS/c1-9-8-10(6-7-12(9)14)11-4-2-3-5-13(11)15/h2-8,14-15H,1H3. The number of aryl methyl sites for hydroxylation is 1. The molecule has 1 N–H and O–H groups in total. The number of phenolic OH excluding ortho intramolecular Hbond substituents is 1. The van der Waals surface area contributed by atoms with Gasteiger partial charge in [-0.3, -0.25) is 0 Å². The molecule has 2 rings (SSSR count). The normalized spacial score (nSPS) is 10.3. The van der Waals surface area contributed by atoms with Crippen LogP contribution >= 0.6 is 12.6 Å². The van der Waals surface area contributed by atoms with Crippen LogP contribution in [0.5, 0.6) is 5.75 Å². The third-order valence-corrected chi connectivity index (χ3v) is 2.80. The molecule has 76 valence electrons. The van der Waals surface area contributed by atoms with Gasteiger partial charge in [0.15, 0.2) is 0 Å². The van der Waals surface area contributed by atoms with Crippen LogP contribution in [0.1, 0.15) is 5.56 Å². The van der Waals surface area contributed by atoms with Crippen molar-refractivity contribution in [2.24, 2.45) is 0 Å². The maximum absolute atomic E-state index is 9.44. The smallest absolute Gasteiger partial charge is 0.118 e. The molecular weight excluding hydrogens is 204 g/mol. The largest absolute Gasteiger partial charge is 0.508 e. The molecule has 2 aromatic carbocycles. The summed E-state index contributed by atoms with van der Waals surface area (Å²) in [6.07, 6.45) is 0. The molecule has 0 spiro atoms. The van der Waals surface area contributed by atoms with Crippen LogP contribution in [-0.2, 0) is 0 Å². The van der Waals surface area contributed by atoms with E-state index in [1.807, 2.05) is 43.3 Å². The fourth-order valence-electron chi connectivity index (χ4n) is 1.54. The zero-order valence-electron chi connectivity index (χ0n) is 8.44. The number of hydrogen-bond donors (Lipinski definition) is 2. The molecule has 0 aliphatic heterocycles. The van der Waals surface area contributed by atoms with Crippen molar-refractivity contribution in [2.75, 3.05) is 0 Å². The molecule has 0 radical (unpaired) electrons. The van der Waals surface area contributed by atoms with E-state index in [1.165, 1.54) is 0 Å². The van der Waals surface area contributed by atoms with E-state index < -0.39 is 0 Å². The predicted molar refractivity (Wildman–Crippen MR) is 65.5 cm³/mol. The molecular formula is C13H12OS. The number of aromatic hydroxyl groups is 1. The lowest BCUT2D eigenvalue weighted by atomic mass is 10.0. The number of hydrogen-bond acceptors (Lipinski definition) is 2. The van der Waals surface area contributed by atoms with Gasteiger partial charge in [-0.25, -0.2) is 0 Å². The van der Waals surface area contributed by atoms with Crippen molar-refractivity contribution in [3.05, 3.63) is 48.0 Å². The molecule has 0 heterocycles. The van der Waals surface area contributed by atoms with Gasteiger partial charge in [0.2, 0.25) is 0 Å². The van der Waals surface area contributed by atoms with Crippen LogP contribution in [0.2, 0.25) is 0 Å². The first kappa shape index (κ1) is 10.1. The van der Waals surface area contributed by atoms with Crippen molar-refractivity contribution in [1.29, 1.82) is 0 Å². The van der Waals surface area contributed by atoms with Crippen LogP contribution in [-0.4, -0.2) is 5.11 Å². The van der Waals surface area contributed by atoms with E-state index in [1.54, 1.807) is 6.07 Å². The molecule has 0 saturated carbocycles. The molecule has 1 nitrogen and oxygen atoms in total. The summed E-state index contributed by atoms with van der Waals surface area (Å²) in [7, 11) is 0. The van der Waals surface area contributed by atoms with Gasteiger partial charge in [-0.2, -0.15) is 0 Å². The van der Waals surface area contributed by atoms with Gasteiger partial charge in [-0.05, 0) is 41.8 Å². The van der Waals surface area contributed by atoms with Gasteiger partial charge in [0, 0.05) is 4.90 Å². The van der Waals surface area contributed by atoms with Crippen molar-refractivity contribution in [3.8, 4) is 16.9 Å². The number of phenols is 1. The Kier molecular flexibility index (Phi) is 2.69. The summed E-state index contributed by atoms with van der Waals surface area (Å²) in [6, 6.07) is 13.5. The van der Waals surface area contributed by atoms with E-state index in [0.717, 1.165) is 21.6 Å². The predicted octanol–water partition coefficient (Wildman–Crippen LogP) is 3.66. The Hall–Kier alpha value is -1.41. The van der Waals surface area contributed by atoms with Gasteiger partial charge in [0.05, 0.1) is 0 Å². The minimum atomic E-state index is 0.329. The Morgan fingerprint density at radius 2 is 1.80 bits per heavy atom. The van der Waals surface area contributed by atoms with Crippen LogP contribution in [0, 0.1) is 6.92 Å². The molecule has 0 unspecified atom stereocenters. The Morgan fingerprint density at radius 1 is 1.07 bits per heavy atom. The molecule has 0 amide bonds. The summed E-state index contributed by atoms with van der Waals surface area (Å²) >= 11 is 4.41. The second kappa shape index (κ2) is 3.99. The van der Waals surface area contributed by atoms with Crippen LogP contribution in [0.4, 0.5) is 0 Å². The molecule has 2 heteroatoms. The molecule has 2 aromatic rings. The highest BCUT2D eigenvalue weighted by Gasteiger charge is 2.03. The Bertz CT molecular complexity index is 492. The summed E-state index contributed by atoms with van der Waals surface area (Å²) in [5, 5.41) is 9.44. The Morgan fingerprint density at radius 3 is 2.47 bits per heavy atom. The average molecular weight is 216 g/mol. The Labute approximate surface area is 94.8 Å². The van der Waals surface area contributed by atoms with E-state index in [-0.39, 0.29) is 0 Å².